The lowest BCUT2D eigenvalue weighted by Crippen LogP contribution is -2.38. The van der Waals surface area contributed by atoms with Crippen LogP contribution in [0.4, 0.5) is 0 Å². The first kappa shape index (κ1) is 15.1. The Morgan fingerprint density at radius 2 is 1.88 bits per heavy atom. The summed E-state index contributed by atoms with van der Waals surface area (Å²) in [6, 6.07) is 11.9. The molecule has 0 unspecified atom stereocenters. The second-order valence-corrected chi connectivity index (χ2v) is 5.83. The SMILES string of the molecule is O=C(c1ccc(=O)[nH]n1)N1CCc2[nH]n(-c3ccccc3)c(=O)c2C1. The molecule has 126 valence electrons. The largest absolute Gasteiger partial charge is 0.332 e. The van der Waals surface area contributed by atoms with Crippen LogP contribution in [0, 0.1) is 0 Å². The molecule has 1 aliphatic rings. The summed E-state index contributed by atoms with van der Waals surface area (Å²) < 4.78 is 1.50. The number of hydrogen-bond donors (Lipinski definition) is 2. The van der Waals surface area contributed by atoms with Gasteiger partial charge in [-0.05, 0) is 18.2 Å². The molecule has 8 heteroatoms. The van der Waals surface area contributed by atoms with Crippen molar-refractivity contribution in [2.45, 2.75) is 13.0 Å². The standard InChI is InChI=1S/C17H15N5O3/c23-15-7-6-14(18-19-15)17(25)21-9-8-13-12(10-21)16(24)22(20-13)11-4-2-1-3-5-11/h1-7,20H,8-10H2,(H,19,23). The van der Waals surface area contributed by atoms with E-state index in [-0.39, 0.29) is 29.3 Å². The number of benzene rings is 1. The number of nitrogens with zero attached hydrogens (tertiary/aromatic N) is 3. The molecule has 0 atom stereocenters. The number of rotatable bonds is 2. The summed E-state index contributed by atoms with van der Waals surface area (Å²) in [5, 5.41) is 9.14. The number of carbonyl (C=O) groups is 1. The van der Waals surface area contributed by atoms with E-state index in [1.165, 1.54) is 16.8 Å². The molecule has 0 radical (unpaired) electrons. The second kappa shape index (κ2) is 5.90. The maximum Gasteiger partial charge on any atom is 0.276 e. The van der Waals surface area contributed by atoms with Crippen LogP contribution in [0.25, 0.3) is 5.69 Å². The fourth-order valence-corrected chi connectivity index (χ4v) is 2.96. The van der Waals surface area contributed by atoms with Crippen LogP contribution in [0.1, 0.15) is 21.7 Å². The number of hydrogen-bond acceptors (Lipinski definition) is 4. The normalized spacial score (nSPS) is 13.5. The van der Waals surface area contributed by atoms with Crippen LogP contribution in [0.3, 0.4) is 0 Å². The molecule has 4 rings (SSSR count). The number of amides is 1. The highest BCUT2D eigenvalue weighted by molar-refractivity contribution is 5.92. The predicted molar refractivity (Wildman–Crippen MR) is 89.7 cm³/mol. The van der Waals surface area contributed by atoms with Crippen LogP contribution in [-0.2, 0) is 13.0 Å². The summed E-state index contributed by atoms with van der Waals surface area (Å²) in [5.41, 5.74) is 1.80. The zero-order valence-electron chi connectivity index (χ0n) is 13.2. The molecule has 0 bridgehead atoms. The third-order valence-electron chi connectivity index (χ3n) is 4.25. The number of carbonyl (C=O) groups excluding carboxylic acids is 1. The Bertz CT molecular complexity index is 1030. The number of aromatic amines is 2. The molecule has 8 nitrogen and oxygen atoms in total. The molecule has 0 spiro atoms. The van der Waals surface area contributed by atoms with Gasteiger partial charge < -0.3 is 4.90 Å². The monoisotopic (exact) mass is 337 g/mol. The first-order valence-electron chi connectivity index (χ1n) is 7.86. The van der Waals surface area contributed by atoms with Gasteiger partial charge in [-0.15, -0.1) is 0 Å². The fraction of sp³-hybridized carbons (Fsp3) is 0.176. The molecule has 0 saturated heterocycles. The van der Waals surface area contributed by atoms with Gasteiger partial charge in [0.05, 0.1) is 17.8 Å². The maximum atomic E-state index is 12.7. The second-order valence-electron chi connectivity index (χ2n) is 5.83. The molecule has 3 heterocycles. The van der Waals surface area contributed by atoms with Gasteiger partial charge in [-0.1, -0.05) is 18.2 Å². The third kappa shape index (κ3) is 2.67. The molecule has 1 amide bonds. The number of nitrogens with one attached hydrogen (secondary N) is 2. The van der Waals surface area contributed by atoms with Crippen molar-refractivity contribution in [3.8, 4) is 5.69 Å². The molecule has 0 saturated carbocycles. The van der Waals surface area contributed by atoms with Crippen molar-refractivity contribution >= 4 is 5.91 Å². The summed E-state index contributed by atoms with van der Waals surface area (Å²) in [6.07, 6.45) is 0.555. The number of fused-ring (bicyclic) bond motifs is 1. The molecule has 0 fully saturated rings. The van der Waals surface area contributed by atoms with Gasteiger partial charge >= 0.3 is 0 Å². The van der Waals surface area contributed by atoms with E-state index >= 15 is 0 Å². The van der Waals surface area contributed by atoms with Gasteiger partial charge in [-0.25, -0.2) is 9.78 Å². The Balaban J connectivity index is 1.64. The van der Waals surface area contributed by atoms with Gasteiger partial charge in [0.25, 0.3) is 17.0 Å². The topological polar surface area (TPSA) is 104 Å². The van der Waals surface area contributed by atoms with E-state index in [9.17, 15) is 14.4 Å². The fourth-order valence-electron chi connectivity index (χ4n) is 2.96. The van der Waals surface area contributed by atoms with Crippen LogP contribution in [0.2, 0.25) is 0 Å². The van der Waals surface area contributed by atoms with Crippen LogP contribution in [0.5, 0.6) is 0 Å². The average Bonchev–Trinajstić information content (AvgIpc) is 2.99. The molecule has 1 aromatic carbocycles. The van der Waals surface area contributed by atoms with E-state index in [4.69, 9.17) is 0 Å². The van der Waals surface area contributed by atoms with Crippen molar-refractivity contribution in [1.82, 2.24) is 24.9 Å². The molecule has 2 aromatic heterocycles. The lowest BCUT2D eigenvalue weighted by molar-refractivity contribution is 0.0726. The maximum absolute atomic E-state index is 12.7. The summed E-state index contributed by atoms with van der Waals surface area (Å²) in [4.78, 5) is 37.9. The first-order chi connectivity index (χ1) is 12.1. The van der Waals surface area contributed by atoms with Crippen LogP contribution < -0.4 is 11.1 Å². The molecule has 25 heavy (non-hydrogen) atoms. The zero-order chi connectivity index (χ0) is 17.4. The van der Waals surface area contributed by atoms with Crippen molar-refractivity contribution in [3.05, 3.63) is 80.1 Å². The molecular formula is C17H15N5O3. The summed E-state index contributed by atoms with van der Waals surface area (Å²) >= 11 is 0. The quantitative estimate of drug-likeness (QED) is 0.708. The first-order valence-corrected chi connectivity index (χ1v) is 7.86. The van der Waals surface area contributed by atoms with Crippen LogP contribution >= 0.6 is 0 Å². The highest BCUT2D eigenvalue weighted by Crippen LogP contribution is 2.17. The Labute approximate surface area is 141 Å². The van der Waals surface area contributed by atoms with E-state index in [0.29, 0.717) is 18.5 Å². The summed E-state index contributed by atoms with van der Waals surface area (Å²) in [5.74, 6) is -0.311. The van der Waals surface area contributed by atoms with E-state index < -0.39 is 0 Å². The van der Waals surface area contributed by atoms with Crippen molar-refractivity contribution in [2.24, 2.45) is 0 Å². The number of aromatic nitrogens is 4. The highest BCUT2D eigenvalue weighted by Gasteiger charge is 2.27. The van der Waals surface area contributed by atoms with Gasteiger partial charge in [0.1, 0.15) is 5.69 Å². The van der Waals surface area contributed by atoms with Crippen molar-refractivity contribution in [2.75, 3.05) is 6.54 Å². The van der Waals surface area contributed by atoms with Crippen molar-refractivity contribution < 1.29 is 4.79 Å². The van der Waals surface area contributed by atoms with Crippen LogP contribution in [0.15, 0.2) is 52.1 Å². The lowest BCUT2D eigenvalue weighted by atomic mass is 10.1. The molecule has 3 aromatic rings. The van der Waals surface area contributed by atoms with Gasteiger partial charge in [0.2, 0.25) is 0 Å². The Morgan fingerprint density at radius 1 is 1.08 bits per heavy atom. The third-order valence-corrected chi connectivity index (χ3v) is 4.25. The Morgan fingerprint density at radius 3 is 2.60 bits per heavy atom. The van der Waals surface area contributed by atoms with Gasteiger partial charge in [-0.2, -0.15) is 5.10 Å². The Kier molecular flexibility index (Phi) is 3.57. The van der Waals surface area contributed by atoms with E-state index in [0.717, 1.165) is 11.4 Å². The zero-order valence-corrected chi connectivity index (χ0v) is 13.2. The minimum atomic E-state index is -0.367. The summed E-state index contributed by atoms with van der Waals surface area (Å²) in [7, 11) is 0. The van der Waals surface area contributed by atoms with Crippen molar-refractivity contribution in [3.63, 3.8) is 0 Å². The molecular weight excluding hydrogens is 322 g/mol. The summed E-state index contributed by atoms with van der Waals surface area (Å²) in [6.45, 7) is 0.686. The van der Waals surface area contributed by atoms with Crippen molar-refractivity contribution in [1.29, 1.82) is 0 Å². The smallest absolute Gasteiger partial charge is 0.276 e. The predicted octanol–water partition coefficient (Wildman–Crippen LogP) is 0.447. The minimum absolute atomic E-state index is 0.155. The van der Waals surface area contributed by atoms with Gasteiger partial charge in [-0.3, -0.25) is 19.5 Å². The van der Waals surface area contributed by atoms with Crippen LogP contribution in [-0.4, -0.2) is 37.3 Å². The molecule has 2 N–H and O–H groups in total. The highest BCUT2D eigenvalue weighted by atomic mass is 16.2. The van der Waals surface area contributed by atoms with E-state index in [1.807, 2.05) is 30.3 Å². The van der Waals surface area contributed by atoms with Gasteiger partial charge in [0, 0.05) is 24.7 Å². The Hall–Kier alpha value is -3.42. The molecule has 0 aliphatic carbocycles. The molecule has 1 aliphatic heterocycles. The van der Waals surface area contributed by atoms with Gasteiger partial charge in [0.15, 0.2) is 0 Å². The average molecular weight is 337 g/mol. The van der Waals surface area contributed by atoms with E-state index in [2.05, 4.69) is 15.3 Å². The van der Waals surface area contributed by atoms with E-state index in [1.54, 1.807) is 4.90 Å². The number of H-pyrrole nitrogens is 2. The minimum Gasteiger partial charge on any atom is -0.332 e. The lowest BCUT2D eigenvalue weighted by Gasteiger charge is -2.25. The number of para-hydroxylation sites is 1.